The lowest BCUT2D eigenvalue weighted by atomic mass is 10.1. The average Bonchev–Trinajstić information content (AvgIpc) is 2.99. The molecule has 1 aliphatic heterocycles. The van der Waals surface area contributed by atoms with Gasteiger partial charge in [-0.1, -0.05) is 12.1 Å². The number of imide groups is 1. The zero-order valence-electron chi connectivity index (χ0n) is 16.1. The molecule has 8 nitrogen and oxygen atoms in total. The molecular formula is C20H19FIN3O5. The fourth-order valence-corrected chi connectivity index (χ4v) is 3.57. The van der Waals surface area contributed by atoms with Crippen molar-refractivity contribution in [2.75, 3.05) is 12.4 Å². The number of phenolic OH excluding ortho intramolecular Hbond substituents is 1. The van der Waals surface area contributed by atoms with Crippen LogP contribution in [0.25, 0.3) is 0 Å². The third kappa shape index (κ3) is 4.38. The molecule has 0 aliphatic carbocycles. The summed E-state index contributed by atoms with van der Waals surface area (Å²) in [5.74, 6) is -2.05. The van der Waals surface area contributed by atoms with Gasteiger partial charge in [0.15, 0.2) is 0 Å². The second kappa shape index (κ2) is 8.96. The van der Waals surface area contributed by atoms with Gasteiger partial charge in [0.05, 0.1) is 11.8 Å². The summed E-state index contributed by atoms with van der Waals surface area (Å²) < 4.78 is 20.0. The van der Waals surface area contributed by atoms with Crippen LogP contribution in [0, 0.1) is 9.39 Å². The number of anilines is 1. The molecule has 10 heteroatoms. The van der Waals surface area contributed by atoms with Crippen molar-refractivity contribution in [3.63, 3.8) is 0 Å². The van der Waals surface area contributed by atoms with Gasteiger partial charge in [-0.2, -0.15) is 0 Å². The van der Waals surface area contributed by atoms with E-state index in [-0.39, 0.29) is 11.4 Å². The summed E-state index contributed by atoms with van der Waals surface area (Å²) in [5.41, 5.74) is 0.373. The van der Waals surface area contributed by atoms with Gasteiger partial charge in [-0.05, 0) is 65.4 Å². The van der Waals surface area contributed by atoms with Crippen LogP contribution < -0.4 is 10.6 Å². The van der Waals surface area contributed by atoms with E-state index in [4.69, 9.17) is 4.74 Å². The molecule has 0 spiro atoms. The molecule has 0 bridgehead atoms. The zero-order chi connectivity index (χ0) is 22.0. The molecule has 3 rings (SSSR count). The van der Waals surface area contributed by atoms with E-state index < -0.39 is 41.9 Å². The monoisotopic (exact) mass is 527 g/mol. The van der Waals surface area contributed by atoms with Crippen LogP contribution in [0.4, 0.5) is 14.9 Å². The lowest BCUT2D eigenvalue weighted by molar-refractivity contribution is -0.137. The van der Waals surface area contributed by atoms with Crippen LogP contribution in [0.2, 0.25) is 0 Å². The molecule has 3 N–H and O–H groups in total. The number of aromatic hydroxyl groups is 1. The van der Waals surface area contributed by atoms with Gasteiger partial charge < -0.3 is 20.5 Å². The third-order valence-corrected chi connectivity index (χ3v) is 5.42. The topological polar surface area (TPSA) is 108 Å². The lowest BCUT2D eigenvalue weighted by Gasteiger charge is -2.28. The van der Waals surface area contributed by atoms with Gasteiger partial charge in [0.1, 0.15) is 23.7 Å². The van der Waals surface area contributed by atoms with E-state index in [0.29, 0.717) is 9.13 Å². The van der Waals surface area contributed by atoms with Crippen LogP contribution in [0.3, 0.4) is 0 Å². The second-order valence-corrected chi connectivity index (χ2v) is 7.93. The number of nitrogens with zero attached hydrogens (tertiary/aromatic N) is 1. The Kier molecular flexibility index (Phi) is 6.56. The van der Waals surface area contributed by atoms with E-state index in [9.17, 15) is 23.9 Å². The highest BCUT2D eigenvalue weighted by atomic mass is 127. The van der Waals surface area contributed by atoms with E-state index in [2.05, 4.69) is 10.6 Å². The van der Waals surface area contributed by atoms with E-state index in [1.165, 1.54) is 50.4 Å². The fraction of sp³-hybridized carbons (Fsp3) is 0.250. The smallest absolute Gasteiger partial charge is 0.325 e. The minimum absolute atomic E-state index is 0.0113. The first kappa shape index (κ1) is 22.0. The first-order valence-electron chi connectivity index (χ1n) is 8.94. The van der Waals surface area contributed by atoms with Gasteiger partial charge in [0.2, 0.25) is 0 Å². The molecule has 2 unspecified atom stereocenters. The predicted molar refractivity (Wildman–Crippen MR) is 114 cm³/mol. The largest absolute Gasteiger partial charge is 0.508 e. The van der Waals surface area contributed by atoms with Crippen molar-refractivity contribution < 1.29 is 28.6 Å². The SMILES string of the molecule is COC(C)C(C(=O)Nc1ccc(I)cc1F)N1C(=O)N[C@H](c2ccc(O)cc2)C1=O. The Morgan fingerprint density at radius 1 is 1.27 bits per heavy atom. The lowest BCUT2D eigenvalue weighted by Crippen LogP contribution is -2.53. The van der Waals surface area contributed by atoms with Crippen LogP contribution in [-0.2, 0) is 14.3 Å². The maximum atomic E-state index is 14.2. The first-order chi connectivity index (χ1) is 14.2. The van der Waals surface area contributed by atoms with E-state index in [0.717, 1.165) is 4.90 Å². The number of rotatable bonds is 6. The average molecular weight is 527 g/mol. The summed E-state index contributed by atoms with van der Waals surface area (Å²) in [6.07, 6.45) is -0.856. The molecule has 1 heterocycles. The fourth-order valence-electron chi connectivity index (χ4n) is 3.12. The standard InChI is InChI=1S/C20H19FIN3O5/c1-10(30-2)17(18(27)23-15-8-5-12(22)9-14(15)21)25-19(28)16(24-20(25)29)11-3-6-13(26)7-4-11/h3-10,16-17,26H,1-2H3,(H,23,27)(H,24,29)/t10?,16-,17?/m1/s1. The molecule has 0 radical (unpaired) electrons. The second-order valence-electron chi connectivity index (χ2n) is 6.68. The molecule has 4 amide bonds. The number of urea groups is 1. The minimum Gasteiger partial charge on any atom is -0.508 e. The predicted octanol–water partition coefficient (Wildman–Crippen LogP) is 2.77. The quantitative estimate of drug-likeness (QED) is 0.396. The van der Waals surface area contributed by atoms with Gasteiger partial charge in [0, 0.05) is 10.7 Å². The number of amides is 4. The zero-order valence-corrected chi connectivity index (χ0v) is 18.2. The Hall–Kier alpha value is -2.73. The van der Waals surface area contributed by atoms with E-state index in [1.54, 1.807) is 6.07 Å². The number of ether oxygens (including phenoxy) is 1. The molecular weight excluding hydrogens is 508 g/mol. The summed E-state index contributed by atoms with van der Waals surface area (Å²) in [5, 5.41) is 14.4. The van der Waals surface area contributed by atoms with E-state index >= 15 is 0 Å². The number of halogens is 2. The van der Waals surface area contributed by atoms with Crippen molar-refractivity contribution in [2.45, 2.75) is 25.1 Å². The third-order valence-electron chi connectivity index (χ3n) is 4.75. The van der Waals surface area contributed by atoms with Gasteiger partial charge in [-0.25, -0.2) is 14.1 Å². The highest BCUT2D eigenvalue weighted by molar-refractivity contribution is 14.1. The van der Waals surface area contributed by atoms with Crippen LogP contribution in [0.15, 0.2) is 42.5 Å². The van der Waals surface area contributed by atoms with Crippen LogP contribution in [-0.4, -0.2) is 47.1 Å². The Labute approximate surface area is 185 Å². The Morgan fingerprint density at radius 3 is 2.53 bits per heavy atom. The molecule has 1 saturated heterocycles. The molecule has 1 aliphatic rings. The van der Waals surface area contributed by atoms with Crippen molar-refractivity contribution >= 4 is 46.1 Å². The maximum Gasteiger partial charge on any atom is 0.325 e. The summed E-state index contributed by atoms with van der Waals surface area (Å²) in [6.45, 7) is 1.53. The Morgan fingerprint density at radius 2 is 1.93 bits per heavy atom. The molecule has 158 valence electrons. The number of hydrogen-bond donors (Lipinski definition) is 3. The number of methoxy groups -OCH3 is 1. The minimum atomic E-state index is -1.33. The molecule has 2 aromatic rings. The van der Waals surface area contributed by atoms with Crippen molar-refractivity contribution in [2.24, 2.45) is 0 Å². The summed E-state index contributed by atoms with van der Waals surface area (Å²) >= 11 is 1.94. The molecule has 3 atom stereocenters. The molecule has 0 aromatic heterocycles. The summed E-state index contributed by atoms with van der Waals surface area (Å²) in [6, 6.07) is 6.91. The highest BCUT2D eigenvalue weighted by Gasteiger charge is 2.47. The molecule has 2 aromatic carbocycles. The normalized spacial score (nSPS) is 18.1. The number of carbonyl (C=O) groups is 3. The van der Waals surface area contributed by atoms with Crippen molar-refractivity contribution in [3.05, 3.63) is 57.4 Å². The number of benzene rings is 2. The highest BCUT2D eigenvalue weighted by Crippen LogP contribution is 2.27. The van der Waals surface area contributed by atoms with Crippen LogP contribution >= 0.6 is 22.6 Å². The number of phenols is 1. The van der Waals surface area contributed by atoms with Gasteiger partial charge in [0.25, 0.3) is 11.8 Å². The Balaban J connectivity index is 1.89. The molecule has 0 saturated carbocycles. The molecule has 30 heavy (non-hydrogen) atoms. The van der Waals surface area contributed by atoms with Crippen LogP contribution in [0.5, 0.6) is 5.75 Å². The maximum absolute atomic E-state index is 14.2. The summed E-state index contributed by atoms with van der Waals surface area (Å²) in [7, 11) is 1.34. The first-order valence-corrected chi connectivity index (χ1v) is 10.0. The van der Waals surface area contributed by atoms with Crippen molar-refractivity contribution in [3.8, 4) is 5.75 Å². The number of nitrogens with one attached hydrogen (secondary N) is 2. The molecule has 1 fully saturated rings. The van der Waals surface area contributed by atoms with Gasteiger partial charge >= 0.3 is 6.03 Å². The summed E-state index contributed by atoms with van der Waals surface area (Å²) in [4.78, 5) is 39.3. The number of carbonyl (C=O) groups excluding carboxylic acids is 3. The number of hydrogen-bond acceptors (Lipinski definition) is 5. The van der Waals surface area contributed by atoms with Gasteiger partial charge in [-0.3, -0.25) is 9.59 Å². The van der Waals surface area contributed by atoms with E-state index in [1.807, 2.05) is 22.6 Å². The van der Waals surface area contributed by atoms with Crippen molar-refractivity contribution in [1.29, 1.82) is 0 Å². The Bertz CT molecular complexity index is 985. The van der Waals surface area contributed by atoms with Crippen molar-refractivity contribution in [1.82, 2.24) is 10.2 Å². The van der Waals surface area contributed by atoms with Crippen LogP contribution in [0.1, 0.15) is 18.5 Å². The van der Waals surface area contributed by atoms with Gasteiger partial charge in [-0.15, -0.1) is 0 Å².